The predicted octanol–water partition coefficient (Wildman–Crippen LogP) is 4.25. The highest BCUT2D eigenvalue weighted by Gasteiger charge is 2.07. The molecule has 0 saturated carbocycles. The first-order valence-electron chi connectivity index (χ1n) is 9.13. The lowest BCUT2D eigenvalue weighted by Crippen LogP contribution is -2.28. The minimum atomic E-state index is 0.0409. The quantitative estimate of drug-likeness (QED) is 0.684. The van der Waals surface area contributed by atoms with Gasteiger partial charge in [-0.25, -0.2) is 0 Å². The van der Waals surface area contributed by atoms with Gasteiger partial charge in [-0.15, -0.1) is 0 Å². The van der Waals surface area contributed by atoms with Crippen molar-refractivity contribution in [2.45, 2.75) is 39.5 Å². The van der Waals surface area contributed by atoms with Gasteiger partial charge in [0.1, 0.15) is 18.1 Å². The van der Waals surface area contributed by atoms with Gasteiger partial charge < -0.3 is 14.8 Å². The van der Waals surface area contributed by atoms with Crippen LogP contribution in [0.15, 0.2) is 42.5 Å². The van der Waals surface area contributed by atoms with E-state index in [9.17, 15) is 4.79 Å². The molecule has 4 nitrogen and oxygen atoms in total. The Kier molecular flexibility index (Phi) is 7.52. The van der Waals surface area contributed by atoms with Gasteiger partial charge in [0.25, 0.3) is 0 Å². The number of aryl methyl sites for hydroxylation is 2. The van der Waals surface area contributed by atoms with Crippen LogP contribution < -0.4 is 14.8 Å². The van der Waals surface area contributed by atoms with Gasteiger partial charge in [0.2, 0.25) is 5.91 Å². The number of methoxy groups -OCH3 is 1. The maximum atomic E-state index is 12.0. The second-order valence-corrected chi connectivity index (χ2v) is 6.69. The van der Waals surface area contributed by atoms with Gasteiger partial charge in [0.15, 0.2) is 0 Å². The molecule has 0 bridgehead atoms. The highest BCUT2D eigenvalue weighted by atomic mass is 16.5. The number of ether oxygens (including phenoxy) is 2. The molecule has 2 aromatic carbocycles. The summed E-state index contributed by atoms with van der Waals surface area (Å²) in [6, 6.07) is 14.1. The fourth-order valence-electron chi connectivity index (χ4n) is 2.88. The summed E-state index contributed by atoms with van der Waals surface area (Å²) < 4.78 is 11.1. The molecule has 0 aliphatic heterocycles. The Morgan fingerprint density at radius 2 is 1.88 bits per heavy atom. The number of rotatable bonds is 9. The maximum absolute atomic E-state index is 12.0. The normalized spacial score (nSPS) is 10.7. The van der Waals surface area contributed by atoms with Crippen LogP contribution in [0.4, 0.5) is 0 Å². The van der Waals surface area contributed by atoms with E-state index in [1.165, 1.54) is 5.56 Å². The van der Waals surface area contributed by atoms with E-state index in [1.54, 1.807) is 7.11 Å². The van der Waals surface area contributed by atoms with Crippen LogP contribution in [0.2, 0.25) is 0 Å². The zero-order valence-corrected chi connectivity index (χ0v) is 16.2. The van der Waals surface area contributed by atoms with Crippen molar-refractivity contribution in [1.82, 2.24) is 5.32 Å². The van der Waals surface area contributed by atoms with Crippen molar-refractivity contribution >= 4 is 5.91 Å². The molecule has 0 radical (unpaired) electrons. The van der Waals surface area contributed by atoms with Crippen molar-refractivity contribution in [1.29, 1.82) is 0 Å². The van der Waals surface area contributed by atoms with Crippen LogP contribution in [0.5, 0.6) is 11.5 Å². The van der Waals surface area contributed by atoms with E-state index in [-0.39, 0.29) is 5.91 Å². The summed E-state index contributed by atoms with van der Waals surface area (Å²) in [6.07, 6.45) is 1.18. The first-order chi connectivity index (χ1) is 12.5. The first-order valence-corrected chi connectivity index (χ1v) is 9.13. The smallest absolute Gasteiger partial charge is 0.220 e. The highest BCUT2D eigenvalue weighted by Crippen LogP contribution is 2.25. The van der Waals surface area contributed by atoms with E-state index in [4.69, 9.17) is 9.47 Å². The molecule has 0 spiro atoms. The molecule has 1 N–H and O–H groups in total. The van der Waals surface area contributed by atoms with E-state index in [1.807, 2.05) is 37.3 Å². The standard InChI is InChI=1S/C22H29NO3/c1-16(2)19-7-5-6-8-21(19)26-14-13-23-22(24)12-10-18-9-11-20(25-4)17(3)15-18/h5-9,11,15-16H,10,12-14H2,1-4H3,(H,23,24). The van der Waals surface area contributed by atoms with Crippen molar-refractivity contribution in [2.24, 2.45) is 0 Å². The maximum Gasteiger partial charge on any atom is 0.220 e. The fourth-order valence-corrected chi connectivity index (χ4v) is 2.88. The predicted molar refractivity (Wildman–Crippen MR) is 105 cm³/mol. The second kappa shape index (κ2) is 9.85. The van der Waals surface area contributed by atoms with E-state index >= 15 is 0 Å². The number of hydrogen-bond donors (Lipinski definition) is 1. The van der Waals surface area contributed by atoms with Crippen LogP contribution in [0.1, 0.15) is 42.9 Å². The van der Waals surface area contributed by atoms with Gasteiger partial charge in [0.05, 0.1) is 13.7 Å². The summed E-state index contributed by atoms with van der Waals surface area (Å²) in [5.41, 5.74) is 3.41. The Hall–Kier alpha value is -2.49. The van der Waals surface area contributed by atoms with Crippen molar-refractivity contribution in [2.75, 3.05) is 20.3 Å². The number of carbonyl (C=O) groups excluding carboxylic acids is 1. The van der Waals surface area contributed by atoms with E-state index in [0.29, 0.717) is 31.9 Å². The van der Waals surface area contributed by atoms with Gasteiger partial charge in [-0.2, -0.15) is 0 Å². The second-order valence-electron chi connectivity index (χ2n) is 6.69. The van der Waals surface area contributed by atoms with Crippen molar-refractivity contribution in [3.8, 4) is 11.5 Å². The van der Waals surface area contributed by atoms with Gasteiger partial charge in [0, 0.05) is 6.42 Å². The molecule has 0 aliphatic carbocycles. The molecule has 0 aromatic heterocycles. The summed E-state index contributed by atoms with van der Waals surface area (Å²) in [4.78, 5) is 12.0. The Morgan fingerprint density at radius 1 is 1.12 bits per heavy atom. The molecule has 2 aromatic rings. The lowest BCUT2D eigenvalue weighted by Gasteiger charge is -2.14. The third kappa shape index (κ3) is 5.80. The zero-order chi connectivity index (χ0) is 18.9. The van der Waals surface area contributed by atoms with Crippen LogP contribution >= 0.6 is 0 Å². The minimum absolute atomic E-state index is 0.0409. The molecular weight excluding hydrogens is 326 g/mol. The molecule has 0 unspecified atom stereocenters. The van der Waals surface area contributed by atoms with Gasteiger partial charge in [-0.05, 0) is 48.1 Å². The molecular formula is C22H29NO3. The highest BCUT2D eigenvalue weighted by molar-refractivity contribution is 5.76. The average molecular weight is 355 g/mol. The summed E-state index contributed by atoms with van der Waals surface area (Å²) in [6.45, 7) is 7.27. The number of hydrogen-bond acceptors (Lipinski definition) is 3. The van der Waals surface area contributed by atoms with E-state index < -0.39 is 0 Å². The number of benzene rings is 2. The Balaban J connectivity index is 1.72. The van der Waals surface area contributed by atoms with E-state index in [0.717, 1.165) is 22.6 Å². The fraction of sp³-hybridized carbons (Fsp3) is 0.409. The van der Waals surface area contributed by atoms with Crippen LogP contribution in [0, 0.1) is 6.92 Å². The summed E-state index contributed by atoms with van der Waals surface area (Å²) >= 11 is 0. The molecule has 0 aliphatic rings. The van der Waals surface area contributed by atoms with Crippen LogP contribution in [-0.2, 0) is 11.2 Å². The monoisotopic (exact) mass is 355 g/mol. The minimum Gasteiger partial charge on any atom is -0.496 e. The molecule has 2 rings (SSSR count). The molecule has 26 heavy (non-hydrogen) atoms. The lowest BCUT2D eigenvalue weighted by molar-refractivity contribution is -0.121. The Labute approximate surface area is 156 Å². The van der Waals surface area contributed by atoms with Crippen molar-refractivity contribution in [3.63, 3.8) is 0 Å². The lowest BCUT2D eigenvalue weighted by atomic mass is 10.0. The Bertz CT molecular complexity index is 725. The molecule has 4 heteroatoms. The SMILES string of the molecule is COc1ccc(CCC(=O)NCCOc2ccccc2C(C)C)cc1C. The van der Waals surface area contributed by atoms with Crippen molar-refractivity contribution in [3.05, 3.63) is 59.2 Å². The average Bonchev–Trinajstić information content (AvgIpc) is 2.64. The molecule has 140 valence electrons. The third-order valence-electron chi connectivity index (χ3n) is 4.32. The largest absolute Gasteiger partial charge is 0.496 e. The summed E-state index contributed by atoms with van der Waals surface area (Å²) in [5, 5.41) is 2.92. The molecule has 0 saturated heterocycles. The summed E-state index contributed by atoms with van der Waals surface area (Å²) in [5.74, 6) is 2.22. The number of nitrogens with one attached hydrogen (secondary N) is 1. The number of para-hydroxylation sites is 1. The zero-order valence-electron chi connectivity index (χ0n) is 16.2. The Morgan fingerprint density at radius 3 is 2.58 bits per heavy atom. The molecule has 0 atom stereocenters. The molecule has 1 amide bonds. The molecule has 0 heterocycles. The third-order valence-corrected chi connectivity index (χ3v) is 4.32. The topological polar surface area (TPSA) is 47.6 Å². The van der Waals surface area contributed by atoms with Gasteiger partial charge in [-0.3, -0.25) is 4.79 Å². The first kappa shape index (κ1) is 19.8. The van der Waals surface area contributed by atoms with Gasteiger partial charge in [-0.1, -0.05) is 44.2 Å². The van der Waals surface area contributed by atoms with Crippen LogP contribution in [0.3, 0.4) is 0 Å². The van der Waals surface area contributed by atoms with Crippen molar-refractivity contribution < 1.29 is 14.3 Å². The van der Waals surface area contributed by atoms with Gasteiger partial charge >= 0.3 is 0 Å². The van der Waals surface area contributed by atoms with Crippen LogP contribution in [0.25, 0.3) is 0 Å². The number of amides is 1. The van der Waals surface area contributed by atoms with Crippen LogP contribution in [-0.4, -0.2) is 26.2 Å². The molecule has 0 fully saturated rings. The van der Waals surface area contributed by atoms with E-state index in [2.05, 4.69) is 31.3 Å². The number of carbonyl (C=O) groups is 1. The summed E-state index contributed by atoms with van der Waals surface area (Å²) in [7, 11) is 1.66.